The number of rotatable bonds is 7. The highest BCUT2D eigenvalue weighted by Crippen LogP contribution is 2.36. The molecule has 3 rings (SSSR count). The van der Waals surface area contributed by atoms with E-state index in [2.05, 4.69) is 21.2 Å². The molecule has 31 heavy (non-hydrogen) atoms. The molecule has 1 saturated heterocycles. The number of ether oxygens (including phenoxy) is 3. The van der Waals surface area contributed by atoms with Gasteiger partial charge in [-0.3, -0.25) is 14.4 Å². The molecule has 9 heteroatoms. The molecule has 0 unspecified atom stereocenters. The monoisotopic (exact) mass is 490 g/mol. The number of carbonyl (C=O) groups is 3. The Bertz CT molecular complexity index is 1010. The molecule has 0 bridgehead atoms. The molecule has 1 atom stereocenters. The van der Waals surface area contributed by atoms with E-state index in [1.807, 2.05) is 13.0 Å². The number of benzene rings is 2. The molecule has 164 valence electrons. The zero-order valence-electron chi connectivity index (χ0n) is 17.4. The van der Waals surface area contributed by atoms with Gasteiger partial charge in [0.15, 0.2) is 6.61 Å². The Morgan fingerprint density at radius 2 is 1.94 bits per heavy atom. The summed E-state index contributed by atoms with van der Waals surface area (Å²) >= 11 is 3.36. The van der Waals surface area contributed by atoms with Crippen LogP contribution in [0.5, 0.6) is 11.5 Å². The highest BCUT2D eigenvalue weighted by molar-refractivity contribution is 9.10. The third-order valence-electron chi connectivity index (χ3n) is 4.94. The topological polar surface area (TPSA) is 94.2 Å². The average molecular weight is 491 g/mol. The van der Waals surface area contributed by atoms with Crippen LogP contribution in [0.4, 0.5) is 11.4 Å². The summed E-state index contributed by atoms with van der Waals surface area (Å²) in [5, 5.41) is 2.71. The number of esters is 1. The second kappa shape index (κ2) is 9.82. The van der Waals surface area contributed by atoms with Crippen LogP contribution in [0.3, 0.4) is 0 Å². The lowest BCUT2D eigenvalue weighted by Gasteiger charge is -2.20. The predicted octanol–water partition coefficient (Wildman–Crippen LogP) is 3.31. The van der Waals surface area contributed by atoms with E-state index >= 15 is 0 Å². The van der Waals surface area contributed by atoms with Crippen LogP contribution in [0.25, 0.3) is 0 Å². The first kappa shape index (κ1) is 22.6. The zero-order valence-corrected chi connectivity index (χ0v) is 19.0. The molecule has 1 aliphatic rings. The summed E-state index contributed by atoms with van der Waals surface area (Å²) in [4.78, 5) is 38.6. The first-order chi connectivity index (χ1) is 14.8. The molecule has 0 spiro atoms. The number of nitrogens with zero attached hydrogens (tertiary/aromatic N) is 1. The van der Waals surface area contributed by atoms with Gasteiger partial charge in [-0.05, 0) is 42.8 Å². The van der Waals surface area contributed by atoms with E-state index in [4.69, 9.17) is 14.2 Å². The molecule has 0 radical (unpaired) electrons. The summed E-state index contributed by atoms with van der Waals surface area (Å²) < 4.78 is 16.6. The first-order valence-corrected chi connectivity index (χ1v) is 10.4. The van der Waals surface area contributed by atoms with Crippen LogP contribution in [0.15, 0.2) is 40.9 Å². The van der Waals surface area contributed by atoms with Gasteiger partial charge in [-0.1, -0.05) is 15.9 Å². The van der Waals surface area contributed by atoms with E-state index < -0.39 is 24.4 Å². The maximum atomic E-state index is 12.5. The minimum atomic E-state index is -0.665. The van der Waals surface area contributed by atoms with Crippen LogP contribution in [0.1, 0.15) is 12.0 Å². The predicted molar refractivity (Wildman–Crippen MR) is 118 cm³/mol. The molecule has 2 aromatic rings. The number of methoxy groups -OCH3 is 2. The maximum absolute atomic E-state index is 12.5. The molecular formula is C22H23BrN2O6. The minimum absolute atomic E-state index is 0.00144. The summed E-state index contributed by atoms with van der Waals surface area (Å²) in [5.41, 5.74) is 2.06. The molecule has 1 heterocycles. The number of hydrogen-bond acceptors (Lipinski definition) is 6. The molecule has 8 nitrogen and oxygen atoms in total. The van der Waals surface area contributed by atoms with E-state index in [0.29, 0.717) is 22.9 Å². The minimum Gasteiger partial charge on any atom is -0.497 e. The standard InChI is InChI=1S/C22H23BrN2O6/c1-13-8-15(23)4-6-17(13)24-20(26)12-31-22(28)14-9-21(27)25(11-14)18-7-5-16(29-2)10-19(18)30-3/h4-8,10,14H,9,11-12H2,1-3H3,(H,24,26)/t14-/m1/s1. The maximum Gasteiger partial charge on any atom is 0.311 e. The second-order valence-corrected chi connectivity index (χ2v) is 7.97. The Labute approximate surface area is 188 Å². The van der Waals surface area contributed by atoms with Crippen LogP contribution >= 0.6 is 15.9 Å². The first-order valence-electron chi connectivity index (χ1n) is 9.57. The fourth-order valence-electron chi connectivity index (χ4n) is 3.31. The number of nitrogens with one attached hydrogen (secondary N) is 1. The largest absolute Gasteiger partial charge is 0.497 e. The fourth-order valence-corrected chi connectivity index (χ4v) is 3.79. The molecule has 2 aromatic carbocycles. The number of anilines is 2. The van der Waals surface area contributed by atoms with Gasteiger partial charge in [0.2, 0.25) is 5.91 Å². The van der Waals surface area contributed by atoms with Gasteiger partial charge in [-0.2, -0.15) is 0 Å². The Hall–Kier alpha value is -3.07. The third kappa shape index (κ3) is 5.35. The average Bonchev–Trinajstić information content (AvgIpc) is 3.15. The van der Waals surface area contributed by atoms with Crippen molar-refractivity contribution in [3.63, 3.8) is 0 Å². The van der Waals surface area contributed by atoms with Gasteiger partial charge >= 0.3 is 5.97 Å². The van der Waals surface area contributed by atoms with Crippen LogP contribution in [-0.2, 0) is 19.1 Å². The van der Waals surface area contributed by atoms with E-state index in [1.54, 1.807) is 30.3 Å². The number of hydrogen-bond donors (Lipinski definition) is 1. The van der Waals surface area contributed by atoms with Gasteiger partial charge in [0.05, 0.1) is 25.8 Å². The van der Waals surface area contributed by atoms with Crippen molar-refractivity contribution in [1.82, 2.24) is 0 Å². The Balaban J connectivity index is 1.58. The lowest BCUT2D eigenvalue weighted by molar-refractivity contribution is -0.151. The van der Waals surface area contributed by atoms with Crippen LogP contribution in [0.2, 0.25) is 0 Å². The van der Waals surface area contributed by atoms with Crippen molar-refractivity contribution in [2.45, 2.75) is 13.3 Å². The van der Waals surface area contributed by atoms with Crippen molar-refractivity contribution in [3.8, 4) is 11.5 Å². The summed E-state index contributed by atoms with van der Waals surface area (Å²) in [6, 6.07) is 10.5. The van der Waals surface area contributed by atoms with Crippen molar-refractivity contribution in [3.05, 3.63) is 46.4 Å². The summed E-state index contributed by atoms with van der Waals surface area (Å²) in [5.74, 6) is -0.870. The lowest BCUT2D eigenvalue weighted by Crippen LogP contribution is -2.28. The van der Waals surface area contributed by atoms with Gasteiger partial charge < -0.3 is 24.4 Å². The van der Waals surface area contributed by atoms with E-state index in [-0.39, 0.29) is 18.9 Å². The zero-order chi connectivity index (χ0) is 22.5. The summed E-state index contributed by atoms with van der Waals surface area (Å²) in [6.07, 6.45) is 0.00144. The number of aryl methyl sites for hydroxylation is 1. The molecule has 2 amide bonds. The number of carbonyl (C=O) groups excluding carboxylic acids is 3. The van der Waals surface area contributed by atoms with E-state index in [1.165, 1.54) is 19.1 Å². The van der Waals surface area contributed by atoms with Crippen LogP contribution < -0.4 is 19.7 Å². The summed E-state index contributed by atoms with van der Waals surface area (Å²) in [7, 11) is 3.03. The van der Waals surface area contributed by atoms with Crippen molar-refractivity contribution < 1.29 is 28.6 Å². The van der Waals surface area contributed by atoms with Crippen molar-refractivity contribution in [2.75, 3.05) is 37.6 Å². The molecule has 0 aromatic heterocycles. The van der Waals surface area contributed by atoms with Crippen molar-refractivity contribution >= 4 is 45.1 Å². The van der Waals surface area contributed by atoms with Gasteiger partial charge in [-0.25, -0.2) is 0 Å². The highest BCUT2D eigenvalue weighted by atomic mass is 79.9. The molecule has 0 aliphatic carbocycles. The van der Waals surface area contributed by atoms with Gasteiger partial charge in [0.25, 0.3) is 5.91 Å². The van der Waals surface area contributed by atoms with Gasteiger partial charge in [0.1, 0.15) is 11.5 Å². The molecule has 0 saturated carbocycles. The second-order valence-electron chi connectivity index (χ2n) is 7.06. The van der Waals surface area contributed by atoms with E-state index in [9.17, 15) is 14.4 Å². The highest BCUT2D eigenvalue weighted by Gasteiger charge is 2.37. The lowest BCUT2D eigenvalue weighted by atomic mass is 10.1. The van der Waals surface area contributed by atoms with Gasteiger partial charge in [0, 0.05) is 29.2 Å². The Morgan fingerprint density at radius 3 is 2.61 bits per heavy atom. The number of amides is 2. The van der Waals surface area contributed by atoms with Crippen molar-refractivity contribution in [1.29, 1.82) is 0 Å². The third-order valence-corrected chi connectivity index (χ3v) is 5.44. The summed E-state index contributed by atoms with van der Waals surface area (Å²) in [6.45, 7) is 1.58. The van der Waals surface area contributed by atoms with E-state index in [0.717, 1.165) is 10.0 Å². The Morgan fingerprint density at radius 1 is 1.16 bits per heavy atom. The molecule has 1 fully saturated rings. The van der Waals surface area contributed by atoms with Gasteiger partial charge in [-0.15, -0.1) is 0 Å². The fraction of sp³-hybridized carbons (Fsp3) is 0.318. The SMILES string of the molecule is COc1ccc(N2C[C@H](C(=O)OCC(=O)Nc3ccc(Br)cc3C)CC2=O)c(OC)c1. The Kier molecular flexibility index (Phi) is 7.17. The number of halogens is 1. The quantitative estimate of drug-likeness (QED) is 0.598. The van der Waals surface area contributed by atoms with Crippen molar-refractivity contribution in [2.24, 2.45) is 5.92 Å². The van der Waals surface area contributed by atoms with Crippen LogP contribution in [-0.4, -0.2) is 45.2 Å². The molecule has 1 N–H and O–H groups in total. The molecular weight excluding hydrogens is 468 g/mol. The van der Waals surface area contributed by atoms with Crippen LogP contribution in [0, 0.1) is 12.8 Å². The smallest absolute Gasteiger partial charge is 0.311 e. The normalized spacial score (nSPS) is 15.5. The molecule has 1 aliphatic heterocycles.